The van der Waals surface area contributed by atoms with Crippen LogP contribution < -0.4 is 10.0 Å². The van der Waals surface area contributed by atoms with E-state index in [1.165, 1.54) is 19.3 Å². The molecule has 34 heavy (non-hydrogen) atoms. The van der Waals surface area contributed by atoms with Crippen molar-refractivity contribution in [2.75, 3.05) is 5.32 Å². The number of nitrogens with one attached hydrogen (secondary N) is 2. The fourth-order valence-corrected chi connectivity index (χ4v) is 6.97. The topological polar surface area (TPSA) is 75.3 Å². The summed E-state index contributed by atoms with van der Waals surface area (Å²) in [4.78, 5) is 12.9. The van der Waals surface area contributed by atoms with E-state index in [2.05, 4.69) is 10.0 Å². The third-order valence-corrected chi connectivity index (χ3v) is 9.03. The molecule has 0 aromatic heterocycles. The fourth-order valence-electron chi connectivity index (χ4n) is 5.67. The summed E-state index contributed by atoms with van der Waals surface area (Å²) in [5, 5.41) is 2.85. The molecular formula is C28H30N2O3S. The van der Waals surface area contributed by atoms with Gasteiger partial charge in [-0.15, -0.1) is 0 Å². The van der Waals surface area contributed by atoms with Crippen LogP contribution in [-0.2, 0) is 10.0 Å². The summed E-state index contributed by atoms with van der Waals surface area (Å²) in [6.45, 7) is 1.99. The lowest BCUT2D eigenvalue weighted by Gasteiger charge is -2.28. The van der Waals surface area contributed by atoms with Crippen molar-refractivity contribution in [3.8, 4) is 11.1 Å². The van der Waals surface area contributed by atoms with Crippen LogP contribution in [0, 0.1) is 17.8 Å². The number of amides is 1. The van der Waals surface area contributed by atoms with Crippen LogP contribution in [0.3, 0.4) is 0 Å². The summed E-state index contributed by atoms with van der Waals surface area (Å²) >= 11 is 0. The molecule has 2 bridgehead atoms. The summed E-state index contributed by atoms with van der Waals surface area (Å²) in [7, 11) is -3.60. The highest BCUT2D eigenvalue weighted by atomic mass is 32.2. The predicted molar refractivity (Wildman–Crippen MR) is 135 cm³/mol. The van der Waals surface area contributed by atoms with Gasteiger partial charge in [0.2, 0.25) is 10.0 Å². The standard InChI is InChI=1S/C28H30N2O3S/c1-19(27-18-20-7-8-24(27)17-20)30-34(32,33)26-15-13-25(14-16-26)29-28(31)23-11-9-22(10-12-23)21-5-3-2-4-6-21/h2-6,9-16,19-20,24,27,30H,7-8,17-18H2,1H3,(H,29,31)/t19-,20-,24-,27+/m0/s1. The SMILES string of the molecule is C[C@H](NS(=O)(=O)c1ccc(NC(=O)c2ccc(-c3ccccc3)cc2)cc1)[C@H]1C[C@H]2CC[C@H]1C2. The molecule has 2 N–H and O–H groups in total. The van der Waals surface area contributed by atoms with Gasteiger partial charge in [0.25, 0.3) is 5.91 Å². The quantitative estimate of drug-likeness (QED) is 0.461. The van der Waals surface area contributed by atoms with Crippen LogP contribution in [0.4, 0.5) is 5.69 Å². The zero-order chi connectivity index (χ0) is 23.7. The highest BCUT2D eigenvalue weighted by Crippen LogP contribution is 2.49. The summed E-state index contributed by atoms with van der Waals surface area (Å²) in [6, 6.07) is 23.7. The number of carbonyl (C=O) groups is 1. The maximum absolute atomic E-state index is 12.9. The molecule has 2 saturated carbocycles. The van der Waals surface area contributed by atoms with Crippen LogP contribution in [0.1, 0.15) is 43.0 Å². The van der Waals surface area contributed by atoms with Crippen molar-refractivity contribution in [1.29, 1.82) is 0 Å². The van der Waals surface area contributed by atoms with Crippen molar-refractivity contribution >= 4 is 21.6 Å². The van der Waals surface area contributed by atoms with E-state index in [4.69, 9.17) is 0 Å². The molecule has 0 saturated heterocycles. The molecule has 176 valence electrons. The van der Waals surface area contributed by atoms with Gasteiger partial charge in [0.15, 0.2) is 0 Å². The van der Waals surface area contributed by atoms with Gasteiger partial charge >= 0.3 is 0 Å². The molecular weight excluding hydrogens is 444 g/mol. The molecule has 2 fully saturated rings. The van der Waals surface area contributed by atoms with Crippen LogP contribution in [0.25, 0.3) is 11.1 Å². The molecule has 5 nitrogen and oxygen atoms in total. The Hall–Kier alpha value is -2.96. The summed E-state index contributed by atoms with van der Waals surface area (Å²) < 4.78 is 28.7. The van der Waals surface area contributed by atoms with Gasteiger partial charge in [-0.2, -0.15) is 0 Å². The number of rotatable bonds is 7. The lowest BCUT2D eigenvalue weighted by Crippen LogP contribution is -2.40. The molecule has 0 spiro atoms. The van der Waals surface area contributed by atoms with Crippen molar-refractivity contribution < 1.29 is 13.2 Å². The maximum Gasteiger partial charge on any atom is 0.255 e. The van der Waals surface area contributed by atoms with E-state index in [1.54, 1.807) is 36.4 Å². The van der Waals surface area contributed by atoms with Crippen molar-refractivity contribution in [3.05, 3.63) is 84.4 Å². The van der Waals surface area contributed by atoms with Crippen molar-refractivity contribution in [1.82, 2.24) is 4.72 Å². The van der Waals surface area contributed by atoms with Gasteiger partial charge in [0, 0.05) is 17.3 Å². The van der Waals surface area contributed by atoms with Crippen LogP contribution in [0.2, 0.25) is 0 Å². The number of carbonyl (C=O) groups excluding carboxylic acids is 1. The van der Waals surface area contributed by atoms with E-state index in [9.17, 15) is 13.2 Å². The summed E-state index contributed by atoms with van der Waals surface area (Å²) in [5.41, 5.74) is 3.23. The second kappa shape index (κ2) is 9.35. The normalized spacial score (nSPS) is 22.4. The highest BCUT2D eigenvalue weighted by Gasteiger charge is 2.42. The average molecular weight is 475 g/mol. The van der Waals surface area contributed by atoms with Gasteiger partial charge < -0.3 is 5.32 Å². The number of hydrogen-bond acceptors (Lipinski definition) is 3. The van der Waals surface area contributed by atoms with Gasteiger partial charge in [-0.3, -0.25) is 4.79 Å². The minimum absolute atomic E-state index is 0.0708. The van der Waals surface area contributed by atoms with E-state index in [0.717, 1.165) is 23.5 Å². The molecule has 1 amide bonds. The van der Waals surface area contributed by atoms with Gasteiger partial charge in [-0.1, -0.05) is 48.9 Å². The molecule has 2 aliphatic rings. The van der Waals surface area contributed by atoms with E-state index in [0.29, 0.717) is 23.1 Å². The highest BCUT2D eigenvalue weighted by molar-refractivity contribution is 7.89. The smallest absolute Gasteiger partial charge is 0.255 e. The molecule has 3 aromatic rings. The van der Waals surface area contributed by atoms with E-state index in [-0.39, 0.29) is 16.8 Å². The molecule has 3 aromatic carbocycles. The Labute approximate surface area is 201 Å². The van der Waals surface area contributed by atoms with Crippen molar-refractivity contribution in [3.63, 3.8) is 0 Å². The number of fused-ring (bicyclic) bond motifs is 2. The first kappa shape index (κ1) is 22.8. The van der Waals surface area contributed by atoms with Crippen LogP contribution in [0.15, 0.2) is 83.8 Å². The van der Waals surface area contributed by atoms with Gasteiger partial charge in [-0.05, 0) is 91.5 Å². The average Bonchev–Trinajstić information content (AvgIpc) is 3.49. The molecule has 0 heterocycles. The third-order valence-electron chi connectivity index (χ3n) is 7.45. The number of hydrogen-bond donors (Lipinski definition) is 2. The molecule has 4 atom stereocenters. The van der Waals surface area contributed by atoms with Crippen LogP contribution in [0.5, 0.6) is 0 Å². The molecule has 2 aliphatic carbocycles. The third kappa shape index (κ3) is 4.79. The number of sulfonamides is 1. The van der Waals surface area contributed by atoms with E-state index < -0.39 is 10.0 Å². The minimum atomic E-state index is -3.60. The Balaban J connectivity index is 1.21. The van der Waals surface area contributed by atoms with Crippen LogP contribution in [-0.4, -0.2) is 20.4 Å². The lowest BCUT2D eigenvalue weighted by molar-refractivity contribution is 0.102. The largest absolute Gasteiger partial charge is 0.322 e. The Morgan fingerprint density at radius 3 is 2.15 bits per heavy atom. The molecule has 5 rings (SSSR count). The summed E-state index contributed by atoms with van der Waals surface area (Å²) in [5.74, 6) is 1.63. The second-order valence-electron chi connectivity index (χ2n) is 9.67. The lowest BCUT2D eigenvalue weighted by atomic mass is 9.84. The zero-order valence-corrected chi connectivity index (χ0v) is 20.1. The van der Waals surface area contributed by atoms with Gasteiger partial charge in [0.05, 0.1) is 4.90 Å². The Morgan fingerprint density at radius 1 is 0.853 bits per heavy atom. The monoisotopic (exact) mass is 474 g/mol. The Bertz CT molecular complexity index is 1260. The molecule has 0 unspecified atom stereocenters. The van der Waals surface area contributed by atoms with Crippen LogP contribution >= 0.6 is 0 Å². The van der Waals surface area contributed by atoms with E-state index >= 15 is 0 Å². The first-order chi connectivity index (χ1) is 16.4. The van der Waals surface area contributed by atoms with E-state index in [1.807, 2.05) is 49.4 Å². The van der Waals surface area contributed by atoms with Gasteiger partial charge in [0.1, 0.15) is 0 Å². The fraction of sp³-hybridized carbons (Fsp3) is 0.321. The number of benzene rings is 3. The zero-order valence-electron chi connectivity index (χ0n) is 19.3. The van der Waals surface area contributed by atoms with Crippen molar-refractivity contribution in [2.24, 2.45) is 17.8 Å². The summed E-state index contributed by atoms with van der Waals surface area (Å²) in [6.07, 6.45) is 4.90. The van der Waals surface area contributed by atoms with Gasteiger partial charge in [-0.25, -0.2) is 13.1 Å². The second-order valence-corrected chi connectivity index (χ2v) is 11.4. The molecule has 6 heteroatoms. The molecule has 0 radical (unpaired) electrons. The Morgan fingerprint density at radius 2 is 1.53 bits per heavy atom. The molecule has 0 aliphatic heterocycles. The Kier molecular flexibility index (Phi) is 6.28. The maximum atomic E-state index is 12.9. The van der Waals surface area contributed by atoms with Crippen molar-refractivity contribution in [2.45, 2.75) is 43.5 Å². The minimum Gasteiger partial charge on any atom is -0.322 e. The first-order valence-electron chi connectivity index (χ1n) is 12.0. The predicted octanol–water partition coefficient (Wildman–Crippen LogP) is 5.71. The first-order valence-corrected chi connectivity index (χ1v) is 13.5. The number of anilines is 1.